The van der Waals surface area contributed by atoms with Gasteiger partial charge in [0.25, 0.3) is 0 Å². The summed E-state index contributed by atoms with van der Waals surface area (Å²) in [5.74, 6) is -0.371. The summed E-state index contributed by atoms with van der Waals surface area (Å²) in [4.78, 5) is 23.4. The molecule has 0 rings (SSSR count). The van der Waals surface area contributed by atoms with Crippen molar-refractivity contribution >= 4 is 11.9 Å². The van der Waals surface area contributed by atoms with Gasteiger partial charge in [0.2, 0.25) is 0 Å². The van der Waals surface area contributed by atoms with Crippen LogP contribution in [0, 0.1) is 11.8 Å². The molecule has 4 heteroatoms. The van der Waals surface area contributed by atoms with Crippen LogP contribution in [0.2, 0.25) is 0 Å². The number of unbranched alkanes of at least 4 members (excludes halogenated alkanes) is 3. The lowest BCUT2D eigenvalue weighted by Gasteiger charge is -2.19. The van der Waals surface area contributed by atoms with Gasteiger partial charge < -0.3 is 9.84 Å². The summed E-state index contributed by atoms with van der Waals surface area (Å²) in [6.07, 6.45) is 9.42. The van der Waals surface area contributed by atoms with Crippen molar-refractivity contribution in [1.82, 2.24) is 0 Å². The van der Waals surface area contributed by atoms with E-state index in [4.69, 9.17) is 4.74 Å². The van der Waals surface area contributed by atoms with Crippen LogP contribution in [0.5, 0.6) is 0 Å². The van der Waals surface area contributed by atoms with Crippen molar-refractivity contribution in [2.24, 2.45) is 11.8 Å². The van der Waals surface area contributed by atoms with Gasteiger partial charge in [-0.15, -0.1) is 0 Å². The number of esters is 1. The second-order valence-electron chi connectivity index (χ2n) is 7.80. The van der Waals surface area contributed by atoms with E-state index < -0.39 is 11.9 Å². The minimum absolute atomic E-state index is 0.121. The molecule has 0 heterocycles. The number of aliphatic carboxylic acids is 1. The van der Waals surface area contributed by atoms with Gasteiger partial charge in [-0.25, -0.2) is 9.59 Å². The van der Waals surface area contributed by atoms with E-state index in [1.165, 1.54) is 18.9 Å². The molecule has 25 heavy (non-hydrogen) atoms. The molecular weight excluding hydrogens is 316 g/mol. The first-order valence-electron chi connectivity index (χ1n) is 9.90. The molecule has 146 valence electrons. The van der Waals surface area contributed by atoms with E-state index in [1.54, 1.807) is 0 Å². The van der Waals surface area contributed by atoms with Gasteiger partial charge in [0.15, 0.2) is 0 Å². The van der Waals surface area contributed by atoms with Crippen LogP contribution in [-0.2, 0) is 14.3 Å². The Balaban J connectivity index is 4.56. The van der Waals surface area contributed by atoms with E-state index in [2.05, 4.69) is 27.7 Å². The standard InChI is InChI=1S/C21H38O4/c1-6-7-12-18(21(23)24)15-20(22)25-19(14-17(4)5)13-10-8-9-11-16(2)3/h15-17,19H,6-14H2,1-5H3,(H,23,24). The third-order valence-corrected chi connectivity index (χ3v) is 4.19. The van der Waals surface area contributed by atoms with Gasteiger partial charge in [0.05, 0.1) is 0 Å². The summed E-state index contributed by atoms with van der Waals surface area (Å²) in [5.41, 5.74) is 0.145. The molecular formula is C21H38O4. The van der Waals surface area contributed by atoms with E-state index >= 15 is 0 Å². The Hall–Kier alpha value is -1.32. The van der Waals surface area contributed by atoms with E-state index in [-0.39, 0.29) is 11.7 Å². The van der Waals surface area contributed by atoms with E-state index in [0.29, 0.717) is 12.3 Å². The zero-order chi connectivity index (χ0) is 19.2. The third-order valence-electron chi connectivity index (χ3n) is 4.19. The summed E-state index contributed by atoms with van der Waals surface area (Å²) >= 11 is 0. The maximum atomic E-state index is 12.1. The number of carboxylic acid groups (broad SMARTS) is 1. The molecule has 0 aliphatic rings. The van der Waals surface area contributed by atoms with Crippen molar-refractivity contribution in [1.29, 1.82) is 0 Å². The predicted molar refractivity (Wildman–Crippen MR) is 103 cm³/mol. The lowest BCUT2D eigenvalue weighted by atomic mass is 9.99. The first kappa shape index (κ1) is 23.7. The summed E-state index contributed by atoms with van der Waals surface area (Å²) in [6.45, 7) is 10.7. The first-order chi connectivity index (χ1) is 11.8. The summed E-state index contributed by atoms with van der Waals surface area (Å²) < 4.78 is 5.57. The molecule has 1 atom stereocenters. The van der Waals surface area contributed by atoms with Crippen LogP contribution in [0.1, 0.15) is 92.4 Å². The highest BCUT2D eigenvalue weighted by molar-refractivity contribution is 5.95. The van der Waals surface area contributed by atoms with Gasteiger partial charge in [-0.3, -0.25) is 0 Å². The average Bonchev–Trinajstić information content (AvgIpc) is 2.49. The molecule has 1 unspecified atom stereocenters. The number of ether oxygens (including phenoxy) is 1. The Labute approximate surface area is 154 Å². The lowest BCUT2D eigenvalue weighted by Crippen LogP contribution is -2.20. The van der Waals surface area contributed by atoms with Gasteiger partial charge in [-0.2, -0.15) is 0 Å². The Morgan fingerprint density at radius 1 is 0.960 bits per heavy atom. The maximum Gasteiger partial charge on any atom is 0.331 e. The molecule has 0 fully saturated rings. The predicted octanol–water partition coefficient (Wildman–Crippen LogP) is 5.75. The largest absolute Gasteiger partial charge is 0.478 e. The fourth-order valence-corrected chi connectivity index (χ4v) is 2.80. The quantitative estimate of drug-likeness (QED) is 0.245. The van der Waals surface area contributed by atoms with Crippen molar-refractivity contribution < 1.29 is 19.4 Å². The number of carbonyl (C=O) groups is 2. The topological polar surface area (TPSA) is 63.6 Å². The normalized spacial score (nSPS) is 13.3. The molecule has 0 saturated heterocycles. The van der Waals surface area contributed by atoms with E-state index in [0.717, 1.165) is 44.4 Å². The smallest absolute Gasteiger partial charge is 0.331 e. The number of carbonyl (C=O) groups excluding carboxylic acids is 1. The number of hydrogen-bond acceptors (Lipinski definition) is 3. The molecule has 0 aromatic rings. The molecule has 1 N–H and O–H groups in total. The van der Waals surface area contributed by atoms with Gasteiger partial charge >= 0.3 is 11.9 Å². The number of rotatable bonds is 14. The zero-order valence-electron chi connectivity index (χ0n) is 16.8. The Kier molecular flexibility index (Phi) is 13.2. The molecule has 0 spiro atoms. The highest BCUT2D eigenvalue weighted by atomic mass is 16.5. The molecule has 0 aromatic carbocycles. The van der Waals surface area contributed by atoms with Gasteiger partial charge in [-0.1, -0.05) is 60.3 Å². The molecule has 0 bridgehead atoms. The van der Waals surface area contributed by atoms with Crippen molar-refractivity contribution in [3.8, 4) is 0 Å². The highest BCUT2D eigenvalue weighted by Crippen LogP contribution is 2.18. The lowest BCUT2D eigenvalue weighted by molar-refractivity contribution is -0.145. The van der Waals surface area contributed by atoms with Crippen molar-refractivity contribution in [3.05, 3.63) is 11.6 Å². The van der Waals surface area contributed by atoms with E-state index in [1.807, 2.05) is 6.92 Å². The van der Waals surface area contributed by atoms with Gasteiger partial charge in [-0.05, 0) is 43.9 Å². The number of carboxylic acids is 1. The van der Waals surface area contributed by atoms with Crippen LogP contribution in [0.25, 0.3) is 0 Å². The summed E-state index contributed by atoms with van der Waals surface area (Å²) in [7, 11) is 0. The van der Waals surface area contributed by atoms with Crippen LogP contribution < -0.4 is 0 Å². The van der Waals surface area contributed by atoms with Crippen LogP contribution in [0.3, 0.4) is 0 Å². The third kappa shape index (κ3) is 13.6. The first-order valence-corrected chi connectivity index (χ1v) is 9.90. The highest BCUT2D eigenvalue weighted by Gasteiger charge is 2.17. The van der Waals surface area contributed by atoms with Crippen LogP contribution in [0.15, 0.2) is 11.6 Å². The SMILES string of the molecule is CCCCC(=CC(=O)OC(CCCCCC(C)C)CC(C)C)C(=O)O. The summed E-state index contributed by atoms with van der Waals surface area (Å²) in [5, 5.41) is 9.20. The van der Waals surface area contributed by atoms with Crippen molar-refractivity contribution in [2.45, 2.75) is 98.5 Å². The molecule has 0 aliphatic heterocycles. The molecule has 0 saturated carbocycles. The summed E-state index contributed by atoms with van der Waals surface area (Å²) in [6, 6.07) is 0. The Bertz CT molecular complexity index is 410. The van der Waals surface area contributed by atoms with Crippen LogP contribution in [0.4, 0.5) is 0 Å². The second kappa shape index (κ2) is 13.9. The second-order valence-corrected chi connectivity index (χ2v) is 7.80. The van der Waals surface area contributed by atoms with E-state index in [9.17, 15) is 14.7 Å². The van der Waals surface area contributed by atoms with Crippen LogP contribution >= 0.6 is 0 Å². The van der Waals surface area contributed by atoms with Crippen LogP contribution in [-0.4, -0.2) is 23.1 Å². The molecule has 0 aliphatic carbocycles. The van der Waals surface area contributed by atoms with Gasteiger partial charge in [0.1, 0.15) is 6.10 Å². The molecule has 4 nitrogen and oxygen atoms in total. The minimum atomic E-state index is -1.03. The minimum Gasteiger partial charge on any atom is -0.478 e. The maximum absolute atomic E-state index is 12.1. The number of hydrogen-bond donors (Lipinski definition) is 1. The Morgan fingerprint density at radius 3 is 2.12 bits per heavy atom. The molecule has 0 radical (unpaired) electrons. The Morgan fingerprint density at radius 2 is 1.60 bits per heavy atom. The van der Waals surface area contributed by atoms with Crippen molar-refractivity contribution in [3.63, 3.8) is 0 Å². The zero-order valence-corrected chi connectivity index (χ0v) is 16.8. The fourth-order valence-electron chi connectivity index (χ4n) is 2.80. The molecule has 0 amide bonds. The average molecular weight is 355 g/mol. The fraction of sp³-hybridized carbons (Fsp3) is 0.810. The van der Waals surface area contributed by atoms with Gasteiger partial charge in [0, 0.05) is 11.6 Å². The van der Waals surface area contributed by atoms with Crippen molar-refractivity contribution in [2.75, 3.05) is 0 Å². The molecule has 0 aromatic heterocycles. The monoisotopic (exact) mass is 354 g/mol.